The van der Waals surface area contributed by atoms with Crippen molar-refractivity contribution in [3.63, 3.8) is 0 Å². The lowest BCUT2D eigenvalue weighted by Gasteiger charge is -2.24. The molecule has 0 bridgehead atoms. The van der Waals surface area contributed by atoms with E-state index in [9.17, 15) is 0 Å². The van der Waals surface area contributed by atoms with Crippen LogP contribution in [0.15, 0.2) is 54.6 Å². The number of halogens is 1. The van der Waals surface area contributed by atoms with Crippen molar-refractivity contribution in [3.8, 4) is 0 Å². The number of hydrogen-bond acceptors (Lipinski definition) is 4. The van der Waals surface area contributed by atoms with Crippen LogP contribution in [0.2, 0.25) is 5.02 Å². The van der Waals surface area contributed by atoms with E-state index in [-0.39, 0.29) is 12.6 Å². The fraction of sp³-hybridized carbons (Fsp3) is 0.238. The molecule has 6 heteroatoms. The number of anilines is 1. The Morgan fingerprint density at radius 2 is 2.00 bits per heavy atom. The summed E-state index contributed by atoms with van der Waals surface area (Å²) in [6.07, 6.45) is 3.43. The number of hydrogen-bond donors (Lipinski definition) is 2. The van der Waals surface area contributed by atoms with Gasteiger partial charge in [-0.1, -0.05) is 53.6 Å². The van der Waals surface area contributed by atoms with E-state index in [0.29, 0.717) is 23.8 Å². The van der Waals surface area contributed by atoms with Gasteiger partial charge in [0.15, 0.2) is 5.82 Å². The molecule has 1 atom stereocenters. The molecule has 2 aromatic carbocycles. The zero-order valence-corrected chi connectivity index (χ0v) is 15.8. The van der Waals surface area contributed by atoms with E-state index in [4.69, 9.17) is 16.7 Å². The van der Waals surface area contributed by atoms with Crippen molar-refractivity contribution >= 4 is 23.2 Å². The number of rotatable bonds is 5. The van der Waals surface area contributed by atoms with Gasteiger partial charge >= 0.3 is 0 Å². The van der Waals surface area contributed by atoms with Crippen LogP contribution in [0, 0.1) is 6.92 Å². The number of aromatic nitrogens is 3. The lowest BCUT2D eigenvalue weighted by molar-refractivity contribution is 0.287. The average molecular weight is 381 g/mol. The summed E-state index contributed by atoms with van der Waals surface area (Å²) < 4.78 is 1.88. The van der Waals surface area contributed by atoms with Crippen LogP contribution < -0.4 is 5.32 Å². The van der Waals surface area contributed by atoms with Gasteiger partial charge in [0, 0.05) is 23.7 Å². The van der Waals surface area contributed by atoms with Crippen molar-refractivity contribution in [3.05, 3.63) is 82.1 Å². The fourth-order valence-corrected chi connectivity index (χ4v) is 3.41. The molecular formula is C21H21ClN4O. The summed E-state index contributed by atoms with van der Waals surface area (Å²) in [4.78, 5) is 4.64. The van der Waals surface area contributed by atoms with Gasteiger partial charge < -0.3 is 10.4 Å². The lowest BCUT2D eigenvalue weighted by atomic mass is 10.0. The molecule has 1 aliphatic rings. The number of aliphatic hydroxyl groups excluding tert-OH is 1. The Labute approximate surface area is 163 Å². The molecule has 2 N–H and O–H groups in total. The monoisotopic (exact) mass is 380 g/mol. The summed E-state index contributed by atoms with van der Waals surface area (Å²) in [5.41, 5.74) is 4.36. The number of benzene rings is 2. The Hall–Kier alpha value is -2.63. The van der Waals surface area contributed by atoms with Crippen molar-refractivity contribution in [2.24, 2.45) is 0 Å². The highest BCUT2D eigenvalue weighted by molar-refractivity contribution is 6.30. The van der Waals surface area contributed by atoms with Crippen LogP contribution in [0.1, 0.15) is 35.0 Å². The van der Waals surface area contributed by atoms with Gasteiger partial charge in [-0.05, 0) is 42.7 Å². The second-order valence-corrected chi connectivity index (χ2v) is 7.13. The minimum absolute atomic E-state index is 0.105. The third-order valence-electron chi connectivity index (χ3n) is 4.62. The lowest BCUT2D eigenvalue weighted by Crippen LogP contribution is -2.20. The Bertz CT molecular complexity index is 978. The second-order valence-electron chi connectivity index (χ2n) is 6.69. The molecule has 1 unspecified atom stereocenters. The van der Waals surface area contributed by atoms with Crippen LogP contribution in [0.4, 0.5) is 5.95 Å². The topological polar surface area (TPSA) is 63.0 Å². The maximum Gasteiger partial charge on any atom is 0.226 e. The van der Waals surface area contributed by atoms with E-state index in [1.165, 1.54) is 5.56 Å². The third-order valence-corrected chi connectivity index (χ3v) is 4.86. The smallest absolute Gasteiger partial charge is 0.226 e. The number of aliphatic hydroxyl groups is 1. The van der Waals surface area contributed by atoms with Crippen LogP contribution in [0.5, 0.6) is 0 Å². The number of nitrogens with one attached hydrogen (secondary N) is 1. The van der Waals surface area contributed by atoms with E-state index in [2.05, 4.69) is 52.7 Å². The molecule has 27 heavy (non-hydrogen) atoms. The van der Waals surface area contributed by atoms with E-state index >= 15 is 0 Å². The summed E-state index contributed by atoms with van der Waals surface area (Å²) in [6, 6.07) is 16.1. The molecule has 0 saturated carbocycles. The highest BCUT2D eigenvalue weighted by Gasteiger charge is 2.25. The molecule has 1 aromatic heterocycles. The first-order chi connectivity index (χ1) is 13.1. The van der Waals surface area contributed by atoms with Crippen molar-refractivity contribution in [1.82, 2.24) is 14.8 Å². The van der Waals surface area contributed by atoms with E-state index in [1.807, 2.05) is 28.9 Å². The minimum Gasteiger partial charge on any atom is -0.396 e. The Balaban J connectivity index is 1.77. The van der Waals surface area contributed by atoms with Crippen LogP contribution >= 0.6 is 11.6 Å². The Morgan fingerprint density at radius 3 is 2.74 bits per heavy atom. The molecule has 0 aliphatic carbocycles. The van der Waals surface area contributed by atoms with Gasteiger partial charge in [-0.3, -0.25) is 0 Å². The maximum absolute atomic E-state index is 9.10. The molecule has 1 aliphatic heterocycles. The van der Waals surface area contributed by atoms with Crippen LogP contribution in [-0.4, -0.2) is 26.5 Å². The zero-order valence-electron chi connectivity index (χ0n) is 15.1. The van der Waals surface area contributed by atoms with Gasteiger partial charge in [0.1, 0.15) is 6.04 Å². The molecule has 5 nitrogen and oxygen atoms in total. The number of fused-ring (bicyclic) bond motifs is 1. The van der Waals surface area contributed by atoms with Gasteiger partial charge in [-0.2, -0.15) is 10.1 Å². The molecule has 0 fully saturated rings. The standard InChI is InChI=1S/C21H21ClN4O/c1-14-7-9-15(10-8-14)18-13-19(16-4-2-5-17(22)12-16)26-21(23-18)24-20(25-26)6-3-11-27/h2,4-5,7-10,12-13,19,27H,3,6,11H2,1H3,(H,23,24,25). The summed E-state index contributed by atoms with van der Waals surface area (Å²) >= 11 is 6.23. The molecule has 2 heterocycles. The van der Waals surface area contributed by atoms with Gasteiger partial charge in [-0.15, -0.1) is 0 Å². The first-order valence-corrected chi connectivity index (χ1v) is 9.39. The van der Waals surface area contributed by atoms with Crippen molar-refractivity contribution in [2.75, 3.05) is 11.9 Å². The predicted octanol–water partition coefficient (Wildman–Crippen LogP) is 4.22. The maximum atomic E-state index is 9.10. The van der Waals surface area contributed by atoms with Gasteiger partial charge in [0.05, 0.1) is 0 Å². The van der Waals surface area contributed by atoms with Gasteiger partial charge in [0.2, 0.25) is 5.95 Å². The highest BCUT2D eigenvalue weighted by Crippen LogP contribution is 2.33. The number of nitrogens with zero attached hydrogens (tertiary/aromatic N) is 3. The highest BCUT2D eigenvalue weighted by atomic mass is 35.5. The molecule has 3 aromatic rings. The molecule has 0 spiro atoms. The first kappa shape index (κ1) is 17.8. The zero-order chi connectivity index (χ0) is 18.8. The summed E-state index contributed by atoms with van der Waals surface area (Å²) in [6.45, 7) is 2.20. The number of aryl methyl sites for hydroxylation is 2. The predicted molar refractivity (Wildman–Crippen MR) is 108 cm³/mol. The van der Waals surface area contributed by atoms with Crippen molar-refractivity contribution in [2.45, 2.75) is 25.8 Å². The second kappa shape index (κ2) is 7.55. The largest absolute Gasteiger partial charge is 0.396 e. The fourth-order valence-electron chi connectivity index (χ4n) is 3.21. The third kappa shape index (κ3) is 3.75. The number of allylic oxidation sites excluding steroid dienone is 1. The van der Waals surface area contributed by atoms with Crippen LogP contribution in [0.3, 0.4) is 0 Å². The summed E-state index contributed by atoms with van der Waals surface area (Å²) in [5.74, 6) is 1.42. The van der Waals surface area contributed by atoms with E-state index in [0.717, 1.165) is 22.6 Å². The molecule has 0 amide bonds. The quantitative estimate of drug-likeness (QED) is 0.695. The normalized spacial score (nSPS) is 15.8. The van der Waals surface area contributed by atoms with Crippen molar-refractivity contribution in [1.29, 1.82) is 0 Å². The molecule has 0 radical (unpaired) electrons. The van der Waals surface area contributed by atoms with Crippen LogP contribution in [0.25, 0.3) is 5.70 Å². The van der Waals surface area contributed by atoms with E-state index < -0.39 is 0 Å². The first-order valence-electron chi connectivity index (χ1n) is 9.01. The molecular weight excluding hydrogens is 360 g/mol. The Morgan fingerprint density at radius 1 is 1.19 bits per heavy atom. The van der Waals surface area contributed by atoms with E-state index in [1.54, 1.807) is 0 Å². The van der Waals surface area contributed by atoms with Gasteiger partial charge in [0.25, 0.3) is 0 Å². The average Bonchev–Trinajstić information content (AvgIpc) is 3.09. The SMILES string of the molecule is Cc1ccc(C2=CC(c3cccc(Cl)c3)n3nc(CCCO)nc3N2)cc1. The summed E-state index contributed by atoms with van der Waals surface area (Å²) in [7, 11) is 0. The van der Waals surface area contributed by atoms with Crippen molar-refractivity contribution < 1.29 is 5.11 Å². The Kier molecular flexibility index (Phi) is 4.97. The minimum atomic E-state index is -0.105. The summed E-state index contributed by atoms with van der Waals surface area (Å²) in [5, 5.41) is 17.9. The van der Waals surface area contributed by atoms with Crippen LogP contribution in [-0.2, 0) is 6.42 Å². The molecule has 0 saturated heterocycles. The molecule has 138 valence electrons. The van der Waals surface area contributed by atoms with Gasteiger partial charge in [-0.25, -0.2) is 4.68 Å². The molecule has 4 rings (SSSR count).